The molecule has 10 nitrogen and oxygen atoms in total. The molecule has 11 heteroatoms. The molecular formula is C56H109O10P. The molecule has 0 saturated carbocycles. The second kappa shape index (κ2) is 52.5. The highest BCUT2D eigenvalue weighted by Gasteiger charge is 2.27. The fraction of sp³-hybridized carbons (Fsp3) is 0.929. The number of aliphatic hydroxyl groups is 2. The predicted molar refractivity (Wildman–Crippen MR) is 279 cm³/mol. The minimum atomic E-state index is -4.64. The second-order valence-electron chi connectivity index (χ2n) is 19.6. The highest BCUT2D eigenvalue weighted by atomic mass is 31.2. The van der Waals surface area contributed by atoms with Crippen molar-refractivity contribution in [3.05, 3.63) is 12.2 Å². The summed E-state index contributed by atoms with van der Waals surface area (Å²) in [5.41, 5.74) is 0. The van der Waals surface area contributed by atoms with Gasteiger partial charge in [-0.05, 0) is 38.5 Å². The molecule has 0 rings (SSSR count). The third kappa shape index (κ3) is 50.9. The van der Waals surface area contributed by atoms with E-state index in [-0.39, 0.29) is 12.8 Å². The number of hydrogen-bond acceptors (Lipinski definition) is 9. The van der Waals surface area contributed by atoms with E-state index in [9.17, 15) is 29.3 Å². The lowest BCUT2D eigenvalue weighted by molar-refractivity contribution is -0.153. The van der Waals surface area contributed by atoms with Gasteiger partial charge in [-0.1, -0.05) is 257 Å². The van der Waals surface area contributed by atoms with E-state index in [1.54, 1.807) is 0 Å². The molecule has 398 valence electrons. The molecule has 67 heavy (non-hydrogen) atoms. The first-order chi connectivity index (χ1) is 32.8. The summed E-state index contributed by atoms with van der Waals surface area (Å²) < 4.78 is 32.8. The first-order valence-corrected chi connectivity index (χ1v) is 30.1. The number of ether oxygens (including phenoxy) is 2. The molecule has 0 aromatic heterocycles. The summed E-state index contributed by atoms with van der Waals surface area (Å²) in [6, 6.07) is 0. The molecule has 0 amide bonds. The molecule has 0 aromatic rings. The molecule has 3 unspecified atom stereocenters. The quantitative estimate of drug-likeness (QED) is 0.0233. The molecule has 0 bridgehead atoms. The molecule has 0 aliphatic rings. The topological polar surface area (TPSA) is 149 Å². The Labute approximate surface area is 413 Å². The number of esters is 2. The van der Waals surface area contributed by atoms with Gasteiger partial charge in [-0.3, -0.25) is 18.6 Å². The van der Waals surface area contributed by atoms with E-state index < -0.39 is 58.4 Å². The molecule has 3 N–H and O–H groups in total. The molecule has 0 radical (unpaired) electrons. The van der Waals surface area contributed by atoms with Crippen LogP contribution in [-0.4, -0.2) is 65.7 Å². The average molecular weight is 973 g/mol. The molecule has 0 aliphatic heterocycles. The van der Waals surface area contributed by atoms with Gasteiger partial charge >= 0.3 is 19.8 Å². The second-order valence-corrected chi connectivity index (χ2v) is 21.1. The van der Waals surface area contributed by atoms with Gasteiger partial charge in [0.1, 0.15) is 12.2 Å². The van der Waals surface area contributed by atoms with Crippen LogP contribution >= 0.6 is 7.82 Å². The normalized spacial score (nSPS) is 13.6. The Hall–Kier alpha value is -1.29. The van der Waals surface area contributed by atoms with Crippen LogP contribution in [0.5, 0.6) is 0 Å². The van der Waals surface area contributed by atoms with Crippen LogP contribution in [0.2, 0.25) is 0 Å². The van der Waals surface area contributed by atoms with Gasteiger partial charge in [0.15, 0.2) is 0 Å². The summed E-state index contributed by atoms with van der Waals surface area (Å²) in [6.45, 7) is 2.29. The van der Waals surface area contributed by atoms with Crippen LogP contribution in [0.4, 0.5) is 0 Å². The van der Waals surface area contributed by atoms with E-state index in [0.29, 0.717) is 12.8 Å². The Bertz CT molecular complexity index is 1120. The van der Waals surface area contributed by atoms with Crippen LogP contribution < -0.4 is 0 Å². The predicted octanol–water partition coefficient (Wildman–Crippen LogP) is 16.7. The lowest BCUT2D eigenvalue weighted by atomic mass is 10.0. The lowest BCUT2D eigenvalue weighted by Gasteiger charge is -2.20. The standard InChI is InChI=1S/C56H109O10P/c1-3-5-7-9-11-13-15-17-19-21-23-25-26-28-30-32-34-36-38-40-42-44-46-48-56(60)66-54(50-58)52-64-67(61,62)63-51-53(49-57)65-55(59)47-45-43-41-39-37-35-33-31-29-27-24-22-20-18-16-14-12-10-8-6-4-2/h22,24,53-54,57-58H,3-21,23,25-52H2,1-2H3,(H,61,62)/b24-22-. The van der Waals surface area contributed by atoms with Gasteiger partial charge in [-0.25, -0.2) is 4.57 Å². The minimum absolute atomic E-state index is 0.194. The van der Waals surface area contributed by atoms with E-state index in [1.165, 1.54) is 218 Å². The van der Waals surface area contributed by atoms with Gasteiger partial charge in [0.2, 0.25) is 0 Å². The first-order valence-electron chi connectivity index (χ1n) is 28.6. The largest absolute Gasteiger partial charge is 0.472 e. The molecular weight excluding hydrogens is 864 g/mol. The van der Waals surface area contributed by atoms with Crippen molar-refractivity contribution in [3.63, 3.8) is 0 Å². The summed E-state index contributed by atoms with van der Waals surface area (Å²) in [7, 11) is -4.64. The van der Waals surface area contributed by atoms with Crippen molar-refractivity contribution in [2.45, 2.75) is 309 Å². The fourth-order valence-electron chi connectivity index (χ4n) is 8.59. The van der Waals surface area contributed by atoms with E-state index in [0.717, 1.165) is 38.5 Å². The zero-order valence-corrected chi connectivity index (χ0v) is 44.8. The molecule has 0 heterocycles. The minimum Gasteiger partial charge on any atom is -0.457 e. The monoisotopic (exact) mass is 973 g/mol. The van der Waals surface area contributed by atoms with E-state index in [1.807, 2.05) is 0 Å². The van der Waals surface area contributed by atoms with E-state index >= 15 is 0 Å². The maximum absolute atomic E-state index is 12.4. The van der Waals surface area contributed by atoms with Crippen LogP contribution in [0.3, 0.4) is 0 Å². The maximum Gasteiger partial charge on any atom is 0.472 e. The SMILES string of the molecule is CCCCCCCCCC/C=C\CCCCCCCCCCCC(=O)OC(CO)COP(=O)(O)OCC(CO)OC(=O)CCCCCCCCCCCCCCCCCCCCCCCCC. The summed E-state index contributed by atoms with van der Waals surface area (Å²) in [5, 5.41) is 19.3. The third-order valence-electron chi connectivity index (χ3n) is 13.0. The van der Waals surface area contributed by atoms with Gasteiger partial charge in [-0.2, -0.15) is 0 Å². The van der Waals surface area contributed by atoms with Gasteiger partial charge in [0, 0.05) is 12.8 Å². The first kappa shape index (κ1) is 65.7. The van der Waals surface area contributed by atoms with Crippen LogP contribution in [0.25, 0.3) is 0 Å². The summed E-state index contributed by atoms with van der Waals surface area (Å²) in [4.78, 5) is 34.8. The average Bonchev–Trinajstić information content (AvgIpc) is 3.32. The van der Waals surface area contributed by atoms with Crippen molar-refractivity contribution in [2.75, 3.05) is 26.4 Å². The zero-order chi connectivity index (χ0) is 49.0. The number of phosphoric ester groups is 1. The molecule has 3 atom stereocenters. The Morgan fingerprint density at radius 2 is 0.612 bits per heavy atom. The van der Waals surface area contributed by atoms with Crippen molar-refractivity contribution in [1.29, 1.82) is 0 Å². The van der Waals surface area contributed by atoms with Gasteiger partial charge in [0.25, 0.3) is 0 Å². The third-order valence-corrected chi connectivity index (χ3v) is 13.9. The number of rotatable bonds is 55. The Balaban J connectivity index is 3.75. The summed E-state index contributed by atoms with van der Waals surface area (Å²) in [5.74, 6) is -1.00. The van der Waals surface area contributed by atoms with Crippen molar-refractivity contribution >= 4 is 19.8 Å². The molecule has 0 aliphatic carbocycles. The van der Waals surface area contributed by atoms with Gasteiger partial charge in [0.05, 0.1) is 26.4 Å². The summed E-state index contributed by atoms with van der Waals surface area (Å²) >= 11 is 0. The van der Waals surface area contributed by atoms with E-state index in [4.69, 9.17) is 18.5 Å². The van der Waals surface area contributed by atoms with Crippen LogP contribution in [-0.2, 0) is 32.7 Å². The van der Waals surface area contributed by atoms with Crippen LogP contribution in [0, 0.1) is 0 Å². The summed E-state index contributed by atoms with van der Waals surface area (Å²) in [6.07, 6.45) is 56.3. The molecule has 0 saturated heterocycles. The van der Waals surface area contributed by atoms with Crippen molar-refractivity contribution in [1.82, 2.24) is 0 Å². The lowest BCUT2D eigenvalue weighted by Crippen LogP contribution is -2.28. The fourth-order valence-corrected chi connectivity index (χ4v) is 9.37. The maximum atomic E-state index is 12.4. The Kier molecular flexibility index (Phi) is 51.5. The molecule has 0 aromatic carbocycles. The van der Waals surface area contributed by atoms with Crippen LogP contribution in [0.1, 0.15) is 296 Å². The zero-order valence-electron chi connectivity index (χ0n) is 43.9. The van der Waals surface area contributed by atoms with Crippen LogP contribution in [0.15, 0.2) is 12.2 Å². The number of phosphoric acid groups is 1. The van der Waals surface area contributed by atoms with E-state index in [2.05, 4.69) is 26.0 Å². The van der Waals surface area contributed by atoms with Crippen molar-refractivity contribution in [2.24, 2.45) is 0 Å². The number of carbonyl (C=O) groups is 2. The van der Waals surface area contributed by atoms with Gasteiger partial charge in [-0.15, -0.1) is 0 Å². The molecule has 0 fully saturated rings. The number of unbranched alkanes of at least 4 members (excludes halogenated alkanes) is 39. The van der Waals surface area contributed by atoms with Crippen molar-refractivity contribution < 1.29 is 47.8 Å². The molecule has 0 spiro atoms. The highest BCUT2D eigenvalue weighted by molar-refractivity contribution is 7.47. The Morgan fingerprint density at radius 1 is 0.388 bits per heavy atom. The number of allylic oxidation sites excluding steroid dienone is 2. The van der Waals surface area contributed by atoms with Gasteiger partial charge < -0.3 is 24.6 Å². The smallest absolute Gasteiger partial charge is 0.457 e. The number of aliphatic hydroxyl groups excluding tert-OH is 2. The highest BCUT2D eigenvalue weighted by Crippen LogP contribution is 2.43. The van der Waals surface area contributed by atoms with Crippen molar-refractivity contribution in [3.8, 4) is 0 Å². The number of carbonyl (C=O) groups excluding carboxylic acids is 2. The number of hydrogen-bond donors (Lipinski definition) is 3. The Morgan fingerprint density at radius 3 is 0.851 bits per heavy atom.